The van der Waals surface area contributed by atoms with Crippen molar-refractivity contribution in [3.63, 3.8) is 0 Å². The molecule has 1 amide bonds. The van der Waals surface area contributed by atoms with Gasteiger partial charge in [0.05, 0.1) is 28.2 Å². The molecule has 1 saturated carbocycles. The Morgan fingerprint density at radius 3 is 2.58 bits per heavy atom. The minimum atomic E-state index is 0.0499. The molecule has 1 aliphatic carbocycles. The van der Waals surface area contributed by atoms with Crippen molar-refractivity contribution in [3.8, 4) is 11.3 Å². The van der Waals surface area contributed by atoms with Crippen molar-refractivity contribution in [1.82, 2.24) is 29.8 Å². The Balaban J connectivity index is 1.37. The van der Waals surface area contributed by atoms with Gasteiger partial charge in [-0.25, -0.2) is 9.97 Å². The fourth-order valence-corrected chi connectivity index (χ4v) is 4.20. The molecule has 1 aliphatic heterocycles. The second kappa shape index (κ2) is 7.79. The quantitative estimate of drug-likeness (QED) is 0.675. The monoisotopic (exact) mass is 421 g/mol. The topological polar surface area (TPSA) is 102 Å². The molecular weight excluding hydrogens is 394 g/mol. The minimum Gasteiger partial charge on any atom is -0.356 e. The Morgan fingerprint density at radius 2 is 1.97 bits per heavy atom. The van der Waals surface area contributed by atoms with E-state index in [0.717, 1.165) is 48.3 Å². The lowest BCUT2D eigenvalue weighted by atomic mass is 9.90. The number of rotatable bonds is 5. The standard InChI is InChI=1S/C22H27N7O2/c1-13-10-19(31-27-13)17-11-23-22(24-16-4-5-16)25-20(17)15-6-8-29(9-7-15)21(30)18-12-28(3)26-14(18)2/h10-12,15-16H,4-9H2,1-3H3,(H,23,24,25). The van der Waals surface area contributed by atoms with E-state index >= 15 is 0 Å². The number of aromatic nitrogens is 5. The number of nitrogens with zero attached hydrogens (tertiary/aromatic N) is 6. The van der Waals surface area contributed by atoms with Crippen molar-refractivity contribution >= 4 is 11.9 Å². The predicted octanol–water partition coefficient (Wildman–Crippen LogP) is 3.08. The van der Waals surface area contributed by atoms with Crippen molar-refractivity contribution in [2.24, 2.45) is 7.05 Å². The first-order valence-corrected chi connectivity index (χ1v) is 10.8. The summed E-state index contributed by atoms with van der Waals surface area (Å²) < 4.78 is 7.21. The maximum Gasteiger partial charge on any atom is 0.257 e. The molecule has 4 heterocycles. The van der Waals surface area contributed by atoms with Crippen LogP contribution in [0.2, 0.25) is 0 Å². The van der Waals surface area contributed by atoms with Crippen LogP contribution in [0.15, 0.2) is 23.0 Å². The first-order valence-electron chi connectivity index (χ1n) is 10.8. The predicted molar refractivity (Wildman–Crippen MR) is 115 cm³/mol. The van der Waals surface area contributed by atoms with Gasteiger partial charge in [0.2, 0.25) is 5.95 Å². The molecule has 162 valence electrons. The number of amides is 1. The summed E-state index contributed by atoms with van der Waals surface area (Å²) >= 11 is 0. The van der Waals surface area contributed by atoms with Crippen molar-refractivity contribution in [2.75, 3.05) is 18.4 Å². The summed E-state index contributed by atoms with van der Waals surface area (Å²) in [7, 11) is 1.84. The molecule has 0 unspecified atom stereocenters. The van der Waals surface area contributed by atoms with E-state index in [1.807, 2.05) is 38.1 Å². The highest BCUT2D eigenvalue weighted by Gasteiger charge is 2.30. The summed E-state index contributed by atoms with van der Waals surface area (Å²) in [6.07, 6.45) is 7.64. The van der Waals surface area contributed by atoms with Gasteiger partial charge in [-0.2, -0.15) is 5.10 Å². The van der Waals surface area contributed by atoms with E-state index in [1.54, 1.807) is 10.9 Å². The van der Waals surface area contributed by atoms with Crippen LogP contribution >= 0.6 is 0 Å². The number of anilines is 1. The van der Waals surface area contributed by atoms with Crippen LogP contribution in [0.25, 0.3) is 11.3 Å². The molecule has 2 fully saturated rings. The van der Waals surface area contributed by atoms with Gasteiger partial charge in [-0.15, -0.1) is 0 Å². The summed E-state index contributed by atoms with van der Waals surface area (Å²) in [4.78, 5) is 24.3. The number of carbonyl (C=O) groups excluding carboxylic acids is 1. The molecule has 1 saturated heterocycles. The molecule has 5 rings (SSSR count). The molecule has 0 radical (unpaired) electrons. The van der Waals surface area contributed by atoms with Gasteiger partial charge in [0, 0.05) is 50.6 Å². The first kappa shape index (κ1) is 19.7. The molecule has 0 atom stereocenters. The molecule has 0 aromatic carbocycles. The molecule has 0 bridgehead atoms. The highest BCUT2D eigenvalue weighted by molar-refractivity contribution is 5.95. The van der Waals surface area contributed by atoms with Gasteiger partial charge >= 0.3 is 0 Å². The number of hydrogen-bond donors (Lipinski definition) is 1. The van der Waals surface area contributed by atoms with Crippen LogP contribution in [0.4, 0.5) is 5.95 Å². The van der Waals surface area contributed by atoms with Gasteiger partial charge in [-0.05, 0) is 39.5 Å². The third-order valence-electron chi connectivity index (χ3n) is 6.03. The zero-order chi connectivity index (χ0) is 21.5. The number of nitrogens with one attached hydrogen (secondary N) is 1. The van der Waals surface area contributed by atoms with Crippen LogP contribution < -0.4 is 5.32 Å². The van der Waals surface area contributed by atoms with Crippen LogP contribution in [0.3, 0.4) is 0 Å². The van der Waals surface area contributed by atoms with Crippen molar-refractivity contribution in [3.05, 3.63) is 41.1 Å². The molecule has 9 nitrogen and oxygen atoms in total. The Labute approximate surface area is 180 Å². The SMILES string of the molecule is Cc1cc(-c2cnc(NC3CC3)nc2C2CCN(C(=O)c3cn(C)nc3C)CC2)on1. The van der Waals surface area contributed by atoms with Gasteiger partial charge in [0.1, 0.15) is 0 Å². The Kier molecular flexibility index (Phi) is 4.95. The van der Waals surface area contributed by atoms with E-state index in [1.165, 1.54) is 0 Å². The average molecular weight is 422 g/mol. The lowest BCUT2D eigenvalue weighted by Crippen LogP contribution is -2.38. The summed E-state index contributed by atoms with van der Waals surface area (Å²) in [6, 6.07) is 2.40. The van der Waals surface area contributed by atoms with Crippen LogP contribution in [0.1, 0.15) is 59.0 Å². The zero-order valence-corrected chi connectivity index (χ0v) is 18.1. The fourth-order valence-electron chi connectivity index (χ4n) is 4.20. The summed E-state index contributed by atoms with van der Waals surface area (Å²) in [5.41, 5.74) is 4.13. The molecule has 1 N–H and O–H groups in total. The van der Waals surface area contributed by atoms with E-state index in [2.05, 4.69) is 20.6 Å². The molecule has 9 heteroatoms. The Bertz CT molecular complexity index is 1110. The number of aryl methyl sites for hydroxylation is 3. The molecule has 3 aromatic heterocycles. The third-order valence-corrected chi connectivity index (χ3v) is 6.03. The maximum atomic E-state index is 13.0. The highest BCUT2D eigenvalue weighted by Crippen LogP contribution is 2.35. The lowest BCUT2D eigenvalue weighted by Gasteiger charge is -2.32. The number of hydrogen-bond acceptors (Lipinski definition) is 7. The number of carbonyl (C=O) groups is 1. The van der Waals surface area contributed by atoms with Gasteiger partial charge in [0.25, 0.3) is 5.91 Å². The fraction of sp³-hybridized carbons (Fsp3) is 0.500. The van der Waals surface area contributed by atoms with Gasteiger partial charge in [-0.3, -0.25) is 9.48 Å². The maximum absolute atomic E-state index is 13.0. The number of likely N-dealkylation sites (tertiary alicyclic amines) is 1. The van der Waals surface area contributed by atoms with E-state index < -0.39 is 0 Å². The van der Waals surface area contributed by atoms with Gasteiger partial charge in [0.15, 0.2) is 5.76 Å². The van der Waals surface area contributed by atoms with Gasteiger partial charge < -0.3 is 14.7 Å². The Hall–Kier alpha value is -3.23. The van der Waals surface area contributed by atoms with E-state index in [4.69, 9.17) is 9.51 Å². The normalized spacial score (nSPS) is 17.2. The molecule has 0 spiro atoms. The van der Waals surface area contributed by atoms with Crippen molar-refractivity contribution in [2.45, 2.75) is 51.5 Å². The largest absolute Gasteiger partial charge is 0.356 e. The summed E-state index contributed by atoms with van der Waals surface area (Å²) in [6.45, 7) is 5.15. The van der Waals surface area contributed by atoms with Crippen LogP contribution in [-0.4, -0.2) is 54.8 Å². The third kappa shape index (κ3) is 4.04. The molecule has 31 heavy (non-hydrogen) atoms. The van der Waals surface area contributed by atoms with Crippen LogP contribution in [0.5, 0.6) is 0 Å². The molecule has 3 aromatic rings. The molecule has 2 aliphatic rings. The lowest BCUT2D eigenvalue weighted by molar-refractivity contribution is 0.0711. The second-order valence-corrected chi connectivity index (χ2v) is 8.61. The summed E-state index contributed by atoms with van der Waals surface area (Å²) in [5.74, 6) is 1.63. The Morgan fingerprint density at radius 1 is 1.19 bits per heavy atom. The minimum absolute atomic E-state index is 0.0499. The smallest absolute Gasteiger partial charge is 0.257 e. The van der Waals surface area contributed by atoms with Crippen LogP contribution in [0, 0.1) is 13.8 Å². The van der Waals surface area contributed by atoms with Crippen molar-refractivity contribution in [1.29, 1.82) is 0 Å². The second-order valence-electron chi connectivity index (χ2n) is 8.61. The van der Waals surface area contributed by atoms with Crippen LogP contribution in [-0.2, 0) is 7.05 Å². The zero-order valence-electron chi connectivity index (χ0n) is 18.1. The van der Waals surface area contributed by atoms with E-state index in [0.29, 0.717) is 36.4 Å². The average Bonchev–Trinajstić information content (AvgIpc) is 3.37. The van der Waals surface area contributed by atoms with Crippen molar-refractivity contribution < 1.29 is 9.32 Å². The van der Waals surface area contributed by atoms with E-state index in [9.17, 15) is 4.79 Å². The number of piperidine rings is 1. The molecular formula is C22H27N7O2. The summed E-state index contributed by atoms with van der Waals surface area (Å²) in [5, 5.41) is 11.7. The highest BCUT2D eigenvalue weighted by atomic mass is 16.5. The van der Waals surface area contributed by atoms with E-state index in [-0.39, 0.29) is 11.8 Å². The van der Waals surface area contributed by atoms with Gasteiger partial charge in [-0.1, -0.05) is 5.16 Å². The first-order chi connectivity index (χ1) is 15.0.